The van der Waals surface area contributed by atoms with Crippen molar-refractivity contribution in [3.8, 4) is 0 Å². The van der Waals surface area contributed by atoms with Crippen molar-refractivity contribution in [1.82, 2.24) is 5.32 Å². The standard InChI is InChI=1S/C12H17ClFNO/c1-9(8-16-2)6-15-7-10-3-4-11(13)5-12(10)14/h3-5,9,15H,6-8H2,1-2H3. The summed E-state index contributed by atoms with van der Waals surface area (Å²) in [5.74, 6) is 0.153. The molecule has 0 saturated carbocycles. The fourth-order valence-electron chi connectivity index (χ4n) is 1.46. The molecule has 0 fully saturated rings. The second-order valence-electron chi connectivity index (χ2n) is 3.93. The Morgan fingerprint density at radius 1 is 1.50 bits per heavy atom. The first-order valence-electron chi connectivity index (χ1n) is 5.27. The predicted molar refractivity (Wildman–Crippen MR) is 64.2 cm³/mol. The van der Waals surface area contributed by atoms with Crippen molar-refractivity contribution in [3.05, 3.63) is 34.6 Å². The maximum Gasteiger partial charge on any atom is 0.129 e. The summed E-state index contributed by atoms with van der Waals surface area (Å²) in [6.45, 7) is 4.10. The molecule has 0 bridgehead atoms. The highest BCUT2D eigenvalue weighted by molar-refractivity contribution is 6.30. The maximum absolute atomic E-state index is 13.4. The minimum Gasteiger partial charge on any atom is -0.384 e. The highest BCUT2D eigenvalue weighted by Crippen LogP contribution is 2.14. The van der Waals surface area contributed by atoms with Crippen LogP contribution < -0.4 is 5.32 Å². The van der Waals surface area contributed by atoms with Crippen molar-refractivity contribution in [2.75, 3.05) is 20.3 Å². The lowest BCUT2D eigenvalue weighted by molar-refractivity contribution is 0.158. The number of benzene rings is 1. The van der Waals surface area contributed by atoms with Crippen LogP contribution in [0.25, 0.3) is 0 Å². The highest BCUT2D eigenvalue weighted by Gasteiger charge is 2.04. The first-order chi connectivity index (χ1) is 7.63. The van der Waals surface area contributed by atoms with E-state index < -0.39 is 0 Å². The van der Waals surface area contributed by atoms with Crippen LogP contribution >= 0.6 is 11.6 Å². The lowest BCUT2D eigenvalue weighted by atomic mass is 10.2. The second-order valence-corrected chi connectivity index (χ2v) is 4.36. The molecular formula is C12H17ClFNO. The number of halogens is 2. The highest BCUT2D eigenvalue weighted by atomic mass is 35.5. The molecule has 0 heterocycles. The molecule has 0 aromatic heterocycles. The summed E-state index contributed by atoms with van der Waals surface area (Å²) in [6, 6.07) is 4.73. The van der Waals surface area contributed by atoms with Crippen molar-refractivity contribution < 1.29 is 9.13 Å². The lowest BCUT2D eigenvalue weighted by Gasteiger charge is -2.11. The Morgan fingerprint density at radius 2 is 2.25 bits per heavy atom. The van der Waals surface area contributed by atoms with E-state index in [4.69, 9.17) is 16.3 Å². The molecule has 0 radical (unpaired) electrons. The van der Waals surface area contributed by atoms with Gasteiger partial charge in [0.1, 0.15) is 5.82 Å². The number of methoxy groups -OCH3 is 1. The molecule has 0 aliphatic heterocycles. The van der Waals surface area contributed by atoms with Gasteiger partial charge in [0.05, 0.1) is 0 Å². The van der Waals surface area contributed by atoms with E-state index in [9.17, 15) is 4.39 Å². The lowest BCUT2D eigenvalue weighted by Crippen LogP contribution is -2.23. The Hall–Kier alpha value is -0.640. The summed E-state index contributed by atoms with van der Waals surface area (Å²) in [5.41, 5.74) is 0.633. The van der Waals surface area contributed by atoms with Crippen LogP contribution in [0.2, 0.25) is 5.02 Å². The van der Waals surface area contributed by atoms with Crippen LogP contribution in [-0.4, -0.2) is 20.3 Å². The molecular weight excluding hydrogens is 229 g/mol. The molecule has 0 amide bonds. The number of hydrogen-bond donors (Lipinski definition) is 1. The molecule has 16 heavy (non-hydrogen) atoms. The molecule has 90 valence electrons. The summed E-state index contributed by atoms with van der Waals surface area (Å²) in [7, 11) is 1.68. The molecule has 1 rings (SSSR count). The number of rotatable bonds is 6. The van der Waals surface area contributed by atoms with E-state index in [0.717, 1.165) is 6.54 Å². The number of ether oxygens (including phenoxy) is 1. The summed E-state index contributed by atoms with van der Waals surface area (Å²) >= 11 is 5.67. The molecule has 0 saturated heterocycles. The molecule has 0 spiro atoms. The van der Waals surface area contributed by atoms with E-state index in [1.807, 2.05) is 0 Å². The van der Waals surface area contributed by atoms with E-state index >= 15 is 0 Å². The molecule has 1 aromatic carbocycles. The van der Waals surface area contributed by atoms with E-state index in [1.54, 1.807) is 19.2 Å². The van der Waals surface area contributed by atoms with Gasteiger partial charge in [0.25, 0.3) is 0 Å². The molecule has 2 nitrogen and oxygen atoms in total. The minimum atomic E-state index is -0.264. The summed E-state index contributed by atoms with van der Waals surface area (Å²) in [4.78, 5) is 0. The second kappa shape index (κ2) is 6.84. The molecule has 0 aliphatic carbocycles. The molecule has 1 atom stereocenters. The van der Waals surface area contributed by atoms with Crippen molar-refractivity contribution >= 4 is 11.6 Å². The Morgan fingerprint density at radius 3 is 2.88 bits per heavy atom. The van der Waals surface area contributed by atoms with E-state index in [-0.39, 0.29) is 5.82 Å². The van der Waals surface area contributed by atoms with Gasteiger partial charge >= 0.3 is 0 Å². The van der Waals surface area contributed by atoms with Gasteiger partial charge in [0.15, 0.2) is 0 Å². The topological polar surface area (TPSA) is 21.3 Å². The quantitative estimate of drug-likeness (QED) is 0.832. The van der Waals surface area contributed by atoms with Crippen LogP contribution in [0.15, 0.2) is 18.2 Å². The van der Waals surface area contributed by atoms with Crippen molar-refractivity contribution in [2.24, 2.45) is 5.92 Å². The first kappa shape index (κ1) is 13.4. The summed E-state index contributed by atoms with van der Waals surface area (Å²) in [6.07, 6.45) is 0. The van der Waals surface area contributed by atoms with Crippen LogP contribution in [0, 0.1) is 11.7 Å². The van der Waals surface area contributed by atoms with Crippen LogP contribution in [0.1, 0.15) is 12.5 Å². The van der Waals surface area contributed by atoms with Gasteiger partial charge in [0.2, 0.25) is 0 Å². The average molecular weight is 246 g/mol. The van der Waals surface area contributed by atoms with Crippen LogP contribution in [0.3, 0.4) is 0 Å². The zero-order chi connectivity index (χ0) is 12.0. The third kappa shape index (κ3) is 4.47. The van der Waals surface area contributed by atoms with Gasteiger partial charge in [-0.1, -0.05) is 24.6 Å². The van der Waals surface area contributed by atoms with Crippen molar-refractivity contribution in [3.63, 3.8) is 0 Å². The molecule has 4 heteroatoms. The van der Waals surface area contributed by atoms with Gasteiger partial charge in [0, 0.05) is 37.4 Å². The average Bonchev–Trinajstić information content (AvgIpc) is 2.22. The summed E-state index contributed by atoms with van der Waals surface area (Å²) in [5, 5.41) is 3.61. The van der Waals surface area contributed by atoms with Crippen LogP contribution in [-0.2, 0) is 11.3 Å². The molecule has 1 unspecified atom stereocenters. The molecule has 1 aromatic rings. The van der Waals surface area contributed by atoms with Crippen LogP contribution in [0.4, 0.5) is 4.39 Å². The van der Waals surface area contributed by atoms with Gasteiger partial charge in [-0.05, 0) is 18.1 Å². The van der Waals surface area contributed by atoms with E-state index in [0.29, 0.717) is 29.7 Å². The van der Waals surface area contributed by atoms with Crippen molar-refractivity contribution in [2.45, 2.75) is 13.5 Å². The fourth-order valence-corrected chi connectivity index (χ4v) is 1.62. The van der Waals surface area contributed by atoms with E-state index in [1.165, 1.54) is 6.07 Å². The third-order valence-electron chi connectivity index (χ3n) is 2.27. The number of hydrogen-bond acceptors (Lipinski definition) is 2. The van der Waals surface area contributed by atoms with Gasteiger partial charge in [-0.25, -0.2) is 4.39 Å². The largest absolute Gasteiger partial charge is 0.384 e. The maximum atomic E-state index is 13.4. The Bertz CT molecular complexity index is 333. The summed E-state index contributed by atoms with van der Waals surface area (Å²) < 4.78 is 18.4. The monoisotopic (exact) mass is 245 g/mol. The predicted octanol–water partition coefficient (Wildman–Crippen LogP) is 2.85. The van der Waals surface area contributed by atoms with Gasteiger partial charge in [-0.3, -0.25) is 0 Å². The zero-order valence-electron chi connectivity index (χ0n) is 9.59. The van der Waals surface area contributed by atoms with Gasteiger partial charge in [-0.2, -0.15) is 0 Å². The van der Waals surface area contributed by atoms with Crippen molar-refractivity contribution in [1.29, 1.82) is 0 Å². The number of nitrogens with one attached hydrogen (secondary N) is 1. The minimum absolute atomic E-state index is 0.264. The zero-order valence-corrected chi connectivity index (χ0v) is 10.4. The molecule has 1 N–H and O–H groups in total. The van der Waals surface area contributed by atoms with Gasteiger partial charge in [-0.15, -0.1) is 0 Å². The Labute approximate surface area is 101 Å². The Kier molecular flexibility index (Phi) is 5.74. The normalized spacial score (nSPS) is 12.8. The smallest absolute Gasteiger partial charge is 0.129 e. The molecule has 0 aliphatic rings. The fraction of sp³-hybridized carbons (Fsp3) is 0.500. The van der Waals surface area contributed by atoms with E-state index in [2.05, 4.69) is 12.2 Å². The SMILES string of the molecule is COCC(C)CNCc1ccc(Cl)cc1F. The Balaban J connectivity index is 2.37. The van der Waals surface area contributed by atoms with Gasteiger partial charge < -0.3 is 10.1 Å². The third-order valence-corrected chi connectivity index (χ3v) is 2.51. The van der Waals surface area contributed by atoms with Crippen LogP contribution in [0.5, 0.6) is 0 Å². The first-order valence-corrected chi connectivity index (χ1v) is 5.65.